The number of halogens is 3. The van der Waals surface area contributed by atoms with E-state index in [4.69, 9.17) is 4.74 Å². The van der Waals surface area contributed by atoms with Gasteiger partial charge < -0.3 is 24.8 Å². The van der Waals surface area contributed by atoms with E-state index in [-0.39, 0.29) is 48.3 Å². The summed E-state index contributed by atoms with van der Waals surface area (Å²) in [7, 11) is 3.53. The first kappa shape index (κ1) is 31.0. The zero-order valence-electron chi connectivity index (χ0n) is 26.0. The first-order valence-electron chi connectivity index (χ1n) is 15.3. The number of anilines is 2. The van der Waals surface area contributed by atoms with Crippen LogP contribution in [0.2, 0.25) is 0 Å². The van der Waals surface area contributed by atoms with E-state index in [0.717, 1.165) is 30.7 Å². The fourth-order valence-electron chi connectivity index (χ4n) is 6.98. The zero-order valence-corrected chi connectivity index (χ0v) is 26.0. The summed E-state index contributed by atoms with van der Waals surface area (Å²) in [5, 5.41) is 24.5. The van der Waals surface area contributed by atoms with Crippen molar-refractivity contribution in [2.24, 2.45) is 7.05 Å². The van der Waals surface area contributed by atoms with Crippen molar-refractivity contribution in [2.45, 2.75) is 94.7 Å². The number of carbonyl (C=O) groups is 1. The highest BCUT2D eigenvalue weighted by atomic mass is 19.4. The molecule has 0 saturated heterocycles. The van der Waals surface area contributed by atoms with Crippen LogP contribution in [0, 0.1) is 11.3 Å². The standard InChI is InChI=1S/C33H38F3N7O2/c1-20(6-9-37)40-23-12-22(32(15-25(16-32)45-4)30-41-39-19-42(30)3)13-24(14-23)43-18-27-26(29(43)44)10-21(11-28(27)33(34,35)36)17-38-31(2)7-5-8-31/h10-14,19-20,25,38,40H,5-8,15-18H2,1-4H3/t20-,25-,32+/m0/s1. The quantitative estimate of drug-likeness (QED) is 0.293. The molecule has 45 heavy (non-hydrogen) atoms. The van der Waals surface area contributed by atoms with E-state index in [1.165, 1.54) is 11.0 Å². The van der Waals surface area contributed by atoms with Crippen molar-refractivity contribution in [1.82, 2.24) is 20.1 Å². The van der Waals surface area contributed by atoms with Gasteiger partial charge in [0.25, 0.3) is 5.91 Å². The van der Waals surface area contributed by atoms with Crippen molar-refractivity contribution in [3.8, 4) is 6.07 Å². The van der Waals surface area contributed by atoms with Gasteiger partial charge in [0.15, 0.2) is 0 Å². The van der Waals surface area contributed by atoms with Gasteiger partial charge in [-0.3, -0.25) is 4.79 Å². The SMILES string of the molecule is CO[C@H]1C[C@@](c2cc(N[C@@H](C)CC#N)cc(N3Cc4c(cc(CNC5(C)CCC5)cc4C(F)(F)F)C3=O)c2)(c2nncn2C)C1. The van der Waals surface area contributed by atoms with Gasteiger partial charge >= 0.3 is 6.18 Å². The fourth-order valence-corrected chi connectivity index (χ4v) is 6.98. The Bertz CT molecular complexity index is 1650. The second-order valence-electron chi connectivity index (χ2n) is 13.1. The molecule has 0 bridgehead atoms. The van der Waals surface area contributed by atoms with Crippen molar-refractivity contribution < 1.29 is 22.7 Å². The molecule has 0 spiro atoms. The summed E-state index contributed by atoms with van der Waals surface area (Å²) in [5.41, 5.74) is 1.01. The number of benzene rings is 2. The lowest BCUT2D eigenvalue weighted by Crippen LogP contribution is -2.48. The van der Waals surface area contributed by atoms with Crippen LogP contribution < -0.4 is 15.5 Å². The minimum atomic E-state index is -4.62. The largest absolute Gasteiger partial charge is 0.416 e. The molecule has 6 rings (SSSR count). The number of ether oxygens (including phenoxy) is 1. The number of alkyl halides is 3. The number of aromatic nitrogens is 3. The van der Waals surface area contributed by atoms with E-state index in [9.17, 15) is 23.2 Å². The highest BCUT2D eigenvalue weighted by Gasteiger charge is 2.51. The Balaban J connectivity index is 1.41. The molecule has 2 N–H and O–H groups in total. The number of aryl methyl sites for hydroxylation is 1. The number of methoxy groups -OCH3 is 1. The lowest BCUT2D eigenvalue weighted by molar-refractivity contribution is -0.138. The third-order valence-electron chi connectivity index (χ3n) is 9.80. The molecule has 2 fully saturated rings. The van der Waals surface area contributed by atoms with Crippen molar-refractivity contribution >= 4 is 17.3 Å². The van der Waals surface area contributed by atoms with Gasteiger partial charge in [-0.25, -0.2) is 0 Å². The van der Waals surface area contributed by atoms with Gasteiger partial charge in [-0.15, -0.1) is 10.2 Å². The fraction of sp³-hybridized carbons (Fsp3) is 0.515. The van der Waals surface area contributed by atoms with E-state index in [1.54, 1.807) is 25.6 Å². The topological polar surface area (TPSA) is 108 Å². The Labute approximate surface area is 260 Å². The van der Waals surface area contributed by atoms with Gasteiger partial charge in [-0.05, 0) is 93.0 Å². The first-order chi connectivity index (χ1) is 21.4. The third-order valence-corrected chi connectivity index (χ3v) is 9.80. The number of amides is 1. The highest BCUT2D eigenvalue weighted by molar-refractivity contribution is 6.10. The van der Waals surface area contributed by atoms with Crippen LogP contribution in [0.3, 0.4) is 0 Å². The van der Waals surface area contributed by atoms with Gasteiger partial charge in [0, 0.05) is 49.2 Å². The number of nitriles is 1. The van der Waals surface area contributed by atoms with Gasteiger partial charge in [-0.2, -0.15) is 18.4 Å². The van der Waals surface area contributed by atoms with Gasteiger partial charge in [0.2, 0.25) is 0 Å². The van der Waals surface area contributed by atoms with Crippen molar-refractivity contribution in [3.05, 3.63) is 70.3 Å². The maximum Gasteiger partial charge on any atom is 0.416 e. The smallest absolute Gasteiger partial charge is 0.381 e. The maximum atomic E-state index is 14.4. The molecule has 1 aromatic heterocycles. The van der Waals surface area contributed by atoms with Crippen LogP contribution in [0.15, 0.2) is 36.7 Å². The number of carbonyl (C=O) groups excluding carboxylic acids is 1. The summed E-state index contributed by atoms with van der Waals surface area (Å²) in [6.45, 7) is 4.00. The molecule has 0 radical (unpaired) electrons. The van der Waals surface area contributed by atoms with Crippen molar-refractivity contribution in [2.75, 3.05) is 17.3 Å². The summed E-state index contributed by atoms with van der Waals surface area (Å²) in [6.07, 6.45) is 1.52. The summed E-state index contributed by atoms with van der Waals surface area (Å²) in [6, 6.07) is 10.4. The molecule has 2 aromatic carbocycles. The molecular weight excluding hydrogens is 583 g/mol. The summed E-state index contributed by atoms with van der Waals surface area (Å²) in [4.78, 5) is 15.4. The summed E-state index contributed by atoms with van der Waals surface area (Å²) < 4.78 is 50.8. The molecule has 3 aromatic rings. The molecule has 1 aliphatic heterocycles. The number of hydrogen-bond acceptors (Lipinski definition) is 7. The van der Waals surface area contributed by atoms with E-state index < -0.39 is 23.1 Å². The zero-order chi connectivity index (χ0) is 32.1. The minimum absolute atomic E-state index is 0.0134. The number of rotatable bonds is 10. The number of hydrogen-bond donors (Lipinski definition) is 2. The molecule has 12 heteroatoms. The van der Waals surface area contributed by atoms with Crippen LogP contribution in [0.4, 0.5) is 24.5 Å². The molecule has 2 heterocycles. The molecule has 2 aliphatic carbocycles. The average Bonchev–Trinajstić information content (AvgIpc) is 3.52. The number of nitrogens with zero attached hydrogens (tertiary/aromatic N) is 5. The average molecular weight is 622 g/mol. The van der Waals surface area contributed by atoms with E-state index in [0.29, 0.717) is 29.8 Å². The van der Waals surface area contributed by atoms with Crippen molar-refractivity contribution in [3.63, 3.8) is 0 Å². The van der Waals surface area contributed by atoms with Crippen LogP contribution in [0.1, 0.15) is 90.8 Å². The lowest BCUT2D eigenvalue weighted by atomic mass is 9.61. The Morgan fingerprint density at radius 2 is 1.96 bits per heavy atom. The van der Waals surface area contributed by atoms with Crippen LogP contribution >= 0.6 is 0 Å². The third kappa shape index (κ3) is 5.68. The predicted molar refractivity (Wildman–Crippen MR) is 163 cm³/mol. The molecule has 3 aliphatic rings. The van der Waals surface area contributed by atoms with E-state index in [2.05, 4.69) is 33.8 Å². The minimum Gasteiger partial charge on any atom is -0.381 e. The monoisotopic (exact) mass is 621 g/mol. The van der Waals surface area contributed by atoms with Gasteiger partial charge in [0.1, 0.15) is 12.2 Å². The van der Waals surface area contributed by atoms with Gasteiger partial charge in [-0.1, -0.05) is 0 Å². The molecule has 2 saturated carbocycles. The summed E-state index contributed by atoms with van der Waals surface area (Å²) >= 11 is 0. The van der Waals surface area contributed by atoms with Crippen molar-refractivity contribution in [1.29, 1.82) is 5.26 Å². The molecule has 9 nitrogen and oxygen atoms in total. The predicted octanol–water partition coefficient (Wildman–Crippen LogP) is 5.84. The molecule has 0 unspecified atom stereocenters. The Morgan fingerprint density at radius 1 is 1.20 bits per heavy atom. The Hall–Kier alpha value is -3.95. The van der Waals surface area contributed by atoms with Crippen LogP contribution in [0.25, 0.3) is 0 Å². The number of fused-ring (bicyclic) bond motifs is 1. The molecule has 238 valence electrons. The second kappa shape index (κ2) is 11.4. The Kier molecular flexibility index (Phi) is 7.90. The lowest BCUT2D eigenvalue weighted by Gasteiger charge is -2.46. The second-order valence-corrected chi connectivity index (χ2v) is 13.1. The molecule has 1 amide bonds. The highest BCUT2D eigenvalue weighted by Crippen LogP contribution is 2.51. The molecular formula is C33H38F3N7O2. The van der Waals surface area contributed by atoms with Crippen LogP contribution in [0.5, 0.6) is 0 Å². The van der Waals surface area contributed by atoms with Crippen LogP contribution in [-0.4, -0.2) is 45.5 Å². The van der Waals surface area contributed by atoms with E-state index in [1.807, 2.05) is 30.7 Å². The molecule has 1 atom stereocenters. The Morgan fingerprint density at radius 3 is 2.56 bits per heavy atom. The maximum absolute atomic E-state index is 14.4. The first-order valence-corrected chi connectivity index (χ1v) is 15.3. The van der Waals surface area contributed by atoms with Gasteiger partial charge in [0.05, 0.1) is 36.1 Å². The normalized spacial score (nSPS) is 22.8. The van der Waals surface area contributed by atoms with Crippen LogP contribution in [-0.2, 0) is 36.5 Å². The number of nitrogens with one attached hydrogen (secondary N) is 2. The van der Waals surface area contributed by atoms with E-state index >= 15 is 0 Å². The summed E-state index contributed by atoms with van der Waals surface area (Å²) in [5.74, 6) is 0.258.